The molecular weight excluding hydrogens is 357 g/mol. The van der Waals surface area contributed by atoms with Crippen molar-refractivity contribution in [2.45, 2.75) is 24.4 Å². The minimum absolute atomic E-state index is 0.337. The van der Waals surface area contributed by atoms with Gasteiger partial charge >= 0.3 is 12.1 Å². The highest BCUT2D eigenvalue weighted by Crippen LogP contribution is 2.47. The average Bonchev–Trinajstić information content (AvgIpc) is 2.84. The molecule has 1 unspecified atom stereocenters. The maximum absolute atomic E-state index is 13.9. The first kappa shape index (κ1) is 18.7. The molecule has 0 saturated carbocycles. The number of para-hydroxylation sites is 1. The SMILES string of the molecule is CS(=O)(=O)OCCC(c1cc2ccccc2[nH]1)C(F)(F)C(F)(F)F. The van der Waals surface area contributed by atoms with Crippen LogP contribution in [0.15, 0.2) is 30.3 Å². The third kappa shape index (κ3) is 4.04. The topological polar surface area (TPSA) is 59.2 Å². The molecule has 1 N–H and O–H groups in total. The third-order valence-corrected chi connectivity index (χ3v) is 4.04. The monoisotopic (exact) mass is 371 g/mol. The van der Waals surface area contributed by atoms with Crippen molar-refractivity contribution in [3.63, 3.8) is 0 Å². The summed E-state index contributed by atoms with van der Waals surface area (Å²) in [6, 6.07) is 7.51. The van der Waals surface area contributed by atoms with Crippen LogP contribution in [-0.2, 0) is 14.3 Å². The van der Waals surface area contributed by atoms with Crippen LogP contribution in [0.1, 0.15) is 18.0 Å². The van der Waals surface area contributed by atoms with Gasteiger partial charge in [-0.15, -0.1) is 0 Å². The van der Waals surface area contributed by atoms with E-state index in [4.69, 9.17) is 0 Å². The fraction of sp³-hybridized carbons (Fsp3) is 0.429. The molecule has 0 aliphatic rings. The Hall–Kier alpha value is -1.68. The zero-order valence-electron chi connectivity index (χ0n) is 12.4. The van der Waals surface area contributed by atoms with E-state index in [2.05, 4.69) is 9.17 Å². The van der Waals surface area contributed by atoms with E-state index in [1.54, 1.807) is 18.2 Å². The summed E-state index contributed by atoms with van der Waals surface area (Å²) in [4.78, 5) is 2.54. The van der Waals surface area contributed by atoms with Gasteiger partial charge in [-0.1, -0.05) is 18.2 Å². The van der Waals surface area contributed by atoms with Crippen LogP contribution in [0.3, 0.4) is 0 Å². The molecule has 1 heterocycles. The van der Waals surface area contributed by atoms with Crippen molar-refractivity contribution >= 4 is 21.0 Å². The van der Waals surface area contributed by atoms with Gasteiger partial charge in [0.1, 0.15) is 0 Å². The molecule has 0 fully saturated rings. The van der Waals surface area contributed by atoms with Crippen molar-refractivity contribution in [1.82, 2.24) is 4.98 Å². The van der Waals surface area contributed by atoms with Crippen LogP contribution in [0, 0.1) is 0 Å². The van der Waals surface area contributed by atoms with Crippen LogP contribution in [0.5, 0.6) is 0 Å². The Bertz CT molecular complexity index is 780. The number of hydrogen-bond donors (Lipinski definition) is 1. The number of hydrogen-bond acceptors (Lipinski definition) is 3. The van der Waals surface area contributed by atoms with Crippen LogP contribution in [0.4, 0.5) is 22.0 Å². The number of aromatic nitrogens is 1. The van der Waals surface area contributed by atoms with Crippen molar-refractivity contribution in [2.24, 2.45) is 0 Å². The number of rotatable bonds is 6. The van der Waals surface area contributed by atoms with Crippen LogP contribution in [0.25, 0.3) is 10.9 Å². The number of nitrogens with one attached hydrogen (secondary N) is 1. The van der Waals surface area contributed by atoms with Gasteiger partial charge in [0.2, 0.25) is 0 Å². The van der Waals surface area contributed by atoms with Gasteiger partial charge < -0.3 is 4.98 Å². The molecule has 0 bridgehead atoms. The van der Waals surface area contributed by atoms with Gasteiger partial charge in [0.15, 0.2) is 0 Å². The Balaban J connectivity index is 2.38. The molecule has 0 spiro atoms. The predicted molar refractivity (Wildman–Crippen MR) is 77.5 cm³/mol. The Kier molecular flexibility index (Phi) is 4.91. The molecule has 134 valence electrons. The molecule has 0 aliphatic heterocycles. The number of benzene rings is 1. The van der Waals surface area contributed by atoms with E-state index >= 15 is 0 Å². The number of alkyl halides is 5. The number of H-pyrrole nitrogens is 1. The molecule has 0 saturated heterocycles. The van der Waals surface area contributed by atoms with Gasteiger partial charge in [0.05, 0.1) is 18.8 Å². The predicted octanol–water partition coefficient (Wildman–Crippen LogP) is 3.82. The van der Waals surface area contributed by atoms with Gasteiger partial charge in [0.25, 0.3) is 10.1 Å². The van der Waals surface area contributed by atoms with Crippen LogP contribution in [-0.4, -0.2) is 38.4 Å². The largest absolute Gasteiger partial charge is 0.453 e. The second kappa shape index (κ2) is 6.32. The van der Waals surface area contributed by atoms with E-state index in [-0.39, 0.29) is 5.69 Å². The Morgan fingerprint density at radius 2 is 1.79 bits per heavy atom. The number of halogens is 5. The van der Waals surface area contributed by atoms with E-state index in [1.807, 2.05) is 0 Å². The van der Waals surface area contributed by atoms with Crippen molar-refractivity contribution in [3.05, 3.63) is 36.0 Å². The third-order valence-electron chi connectivity index (χ3n) is 3.45. The minimum Gasteiger partial charge on any atom is -0.358 e. The summed E-state index contributed by atoms with van der Waals surface area (Å²) in [7, 11) is -3.94. The lowest BCUT2D eigenvalue weighted by molar-refractivity contribution is -0.292. The van der Waals surface area contributed by atoms with Crippen molar-refractivity contribution in [1.29, 1.82) is 0 Å². The van der Waals surface area contributed by atoms with Gasteiger partial charge in [-0.3, -0.25) is 4.18 Å². The molecule has 1 atom stereocenters. The first-order valence-electron chi connectivity index (χ1n) is 6.78. The fourth-order valence-corrected chi connectivity index (χ4v) is 2.73. The Morgan fingerprint density at radius 3 is 2.33 bits per heavy atom. The Morgan fingerprint density at radius 1 is 1.17 bits per heavy atom. The highest BCUT2D eigenvalue weighted by molar-refractivity contribution is 7.85. The summed E-state index contributed by atoms with van der Waals surface area (Å²) in [5.74, 6) is -7.35. The molecule has 10 heteroatoms. The van der Waals surface area contributed by atoms with Crippen LogP contribution < -0.4 is 0 Å². The highest BCUT2D eigenvalue weighted by atomic mass is 32.2. The van der Waals surface area contributed by atoms with Gasteiger partial charge in [-0.2, -0.15) is 30.4 Å². The number of aromatic amines is 1. The quantitative estimate of drug-likeness (QED) is 0.620. The molecule has 4 nitrogen and oxygen atoms in total. The molecule has 1 aromatic heterocycles. The molecule has 0 amide bonds. The molecule has 24 heavy (non-hydrogen) atoms. The molecule has 2 rings (SSSR count). The molecule has 0 aliphatic carbocycles. The lowest BCUT2D eigenvalue weighted by Gasteiger charge is -2.28. The normalized spacial score (nSPS) is 14.9. The molecule has 0 radical (unpaired) electrons. The van der Waals surface area contributed by atoms with Crippen molar-refractivity contribution in [3.8, 4) is 0 Å². The summed E-state index contributed by atoms with van der Waals surface area (Å²) in [5.41, 5.74) is 0.0649. The smallest absolute Gasteiger partial charge is 0.358 e. The molecule has 1 aromatic carbocycles. The van der Waals surface area contributed by atoms with Gasteiger partial charge in [0, 0.05) is 11.2 Å². The first-order chi connectivity index (χ1) is 10.9. The number of fused-ring (bicyclic) bond motifs is 1. The average molecular weight is 371 g/mol. The molecule has 2 aromatic rings. The van der Waals surface area contributed by atoms with Gasteiger partial charge in [-0.25, -0.2) is 0 Å². The van der Waals surface area contributed by atoms with E-state index in [1.165, 1.54) is 12.1 Å². The summed E-state index contributed by atoms with van der Waals surface area (Å²) < 4.78 is 92.2. The van der Waals surface area contributed by atoms with E-state index in [0.717, 1.165) is 0 Å². The zero-order valence-corrected chi connectivity index (χ0v) is 13.2. The standard InChI is InChI=1S/C14H14F5NO3S/c1-24(21,22)23-7-6-10(13(15,16)14(17,18)19)12-8-9-4-2-3-5-11(9)20-12/h2-5,8,10,20H,6-7H2,1H3. The summed E-state index contributed by atoms with van der Waals surface area (Å²) in [6.45, 7) is -0.787. The highest BCUT2D eigenvalue weighted by Gasteiger charge is 2.62. The first-order valence-corrected chi connectivity index (χ1v) is 8.60. The van der Waals surface area contributed by atoms with E-state index < -0.39 is 41.2 Å². The summed E-state index contributed by atoms with van der Waals surface area (Å²) in [6.07, 6.45) is -5.92. The summed E-state index contributed by atoms with van der Waals surface area (Å²) in [5, 5.41) is 0.472. The second-order valence-corrected chi connectivity index (χ2v) is 6.94. The maximum atomic E-state index is 13.9. The molecular formula is C14H14F5NO3S. The van der Waals surface area contributed by atoms with Crippen molar-refractivity contribution < 1.29 is 34.6 Å². The van der Waals surface area contributed by atoms with Gasteiger partial charge in [-0.05, 0) is 23.9 Å². The summed E-state index contributed by atoms with van der Waals surface area (Å²) >= 11 is 0. The Labute approximate surface area is 134 Å². The van der Waals surface area contributed by atoms with E-state index in [9.17, 15) is 30.4 Å². The van der Waals surface area contributed by atoms with E-state index in [0.29, 0.717) is 17.2 Å². The lowest BCUT2D eigenvalue weighted by Crippen LogP contribution is -2.42. The fourth-order valence-electron chi connectivity index (χ4n) is 2.33. The second-order valence-electron chi connectivity index (χ2n) is 5.30. The maximum Gasteiger partial charge on any atom is 0.453 e. The lowest BCUT2D eigenvalue weighted by atomic mass is 9.93. The van der Waals surface area contributed by atoms with Crippen LogP contribution >= 0.6 is 0 Å². The minimum atomic E-state index is -5.78. The van der Waals surface area contributed by atoms with Crippen molar-refractivity contribution in [2.75, 3.05) is 12.9 Å². The van der Waals surface area contributed by atoms with Crippen LogP contribution in [0.2, 0.25) is 0 Å². The zero-order chi connectivity index (χ0) is 18.2.